The van der Waals surface area contributed by atoms with E-state index in [0.29, 0.717) is 17.6 Å². The van der Waals surface area contributed by atoms with Gasteiger partial charge in [-0.15, -0.1) is 0 Å². The van der Waals surface area contributed by atoms with Gasteiger partial charge in [-0.25, -0.2) is 0 Å². The number of ether oxygens (including phenoxy) is 1. The van der Waals surface area contributed by atoms with Crippen LogP contribution in [0.25, 0.3) is 5.57 Å². The molecule has 116 valence electrons. The van der Waals surface area contributed by atoms with Crippen molar-refractivity contribution >= 4 is 11.5 Å². The predicted molar refractivity (Wildman–Crippen MR) is 73.1 cm³/mol. The summed E-state index contributed by atoms with van der Waals surface area (Å²) < 4.78 is 43.1. The summed E-state index contributed by atoms with van der Waals surface area (Å²) in [6, 6.07) is 3.23. The maximum atomic E-state index is 12.7. The van der Waals surface area contributed by atoms with Crippen LogP contribution in [-0.4, -0.2) is 18.2 Å². The molecule has 0 saturated heterocycles. The van der Waals surface area contributed by atoms with Crippen molar-refractivity contribution in [3.05, 3.63) is 35.4 Å². The number of allylic oxidation sites excluding steroid dienone is 1. The molecule has 3 nitrogen and oxygen atoms in total. The third kappa shape index (κ3) is 4.81. The molecule has 1 rings (SSSR count). The monoisotopic (exact) mass is 302 g/mol. The fourth-order valence-electron chi connectivity index (χ4n) is 1.96. The lowest BCUT2D eigenvalue weighted by atomic mass is 9.97. The second kappa shape index (κ2) is 7.15. The van der Waals surface area contributed by atoms with Crippen LogP contribution in [0.1, 0.15) is 37.3 Å². The number of methoxy groups -OCH3 is 1. The number of hydrogen-bond acceptors (Lipinski definition) is 2. The third-order valence-corrected chi connectivity index (χ3v) is 2.92. The number of carbonyl (C=O) groups is 1. The van der Waals surface area contributed by atoms with Gasteiger partial charge in [0.15, 0.2) is 0 Å². The van der Waals surface area contributed by atoms with Crippen LogP contribution in [0.2, 0.25) is 0 Å². The minimum Gasteiger partial charge on any atom is -0.496 e. The summed E-state index contributed by atoms with van der Waals surface area (Å²) in [6.07, 6.45) is -1.80. The van der Waals surface area contributed by atoms with E-state index in [-0.39, 0.29) is 12.2 Å². The van der Waals surface area contributed by atoms with E-state index in [0.717, 1.165) is 18.6 Å². The number of aliphatic carboxylic acids is 1. The normalized spacial score (nSPS) is 12.3. The van der Waals surface area contributed by atoms with Crippen molar-refractivity contribution in [1.29, 1.82) is 0 Å². The lowest BCUT2D eigenvalue weighted by molar-refractivity contribution is -0.138. The minimum atomic E-state index is -4.44. The Morgan fingerprint density at radius 1 is 1.38 bits per heavy atom. The summed E-state index contributed by atoms with van der Waals surface area (Å²) in [6.45, 7) is 1.91. The molecule has 0 unspecified atom stereocenters. The second-order valence-corrected chi connectivity index (χ2v) is 4.49. The van der Waals surface area contributed by atoms with E-state index in [1.54, 1.807) is 0 Å². The molecular formula is C15H17F3O3. The Morgan fingerprint density at radius 2 is 2.05 bits per heavy atom. The molecule has 0 aliphatic carbocycles. The average Bonchev–Trinajstić information content (AvgIpc) is 2.41. The molecule has 0 aliphatic rings. The van der Waals surface area contributed by atoms with Gasteiger partial charge in [0.1, 0.15) is 5.75 Å². The summed E-state index contributed by atoms with van der Waals surface area (Å²) in [7, 11) is 1.29. The van der Waals surface area contributed by atoms with Crippen molar-refractivity contribution in [3.8, 4) is 5.75 Å². The molecule has 0 saturated carbocycles. The highest BCUT2D eigenvalue weighted by molar-refractivity contribution is 5.76. The minimum absolute atomic E-state index is 0.0925. The molecule has 0 bridgehead atoms. The van der Waals surface area contributed by atoms with Gasteiger partial charge in [-0.1, -0.05) is 25.5 Å². The molecule has 0 radical (unpaired) electrons. The predicted octanol–water partition coefficient (Wildman–Crippen LogP) is 4.37. The van der Waals surface area contributed by atoms with Gasteiger partial charge in [-0.05, 0) is 24.1 Å². The van der Waals surface area contributed by atoms with Gasteiger partial charge >= 0.3 is 12.1 Å². The molecule has 0 spiro atoms. The summed E-state index contributed by atoms with van der Waals surface area (Å²) in [5.74, 6) is -0.899. The van der Waals surface area contributed by atoms with Crippen LogP contribution in [0.5, 0.6) is 5.75 Å². The van der Waals surface area contributed by atoms with Crippen molar-refractivity contribution in [1.82, 2.24) is 0 Å². The zero-order valence-electron chi connectivity index (χ0n) is 11.8. The van der Waals surface area contributed by atoms with Gasteiger partial charge in [0.05, 0.1) is 19.1 Å². The van der Waals surface area contributed by atoms with Crippen molar-refractivity contribution in [3.63, 3.8) is 0 Å². The Morgan fingerprint density at radius 3 is 2.52 bits per heavy atom. The number of hydrogen-bond donors (Lipinski definition) is 1. The fraction of sp³-hybridized carbons (Fsp3) is 0.400. The highest BCUT2D eigenvalue weighted by Gasteiger charge is 2.31. The summed E-state index contributed by atoms with van der Waals surface area (Å²) in [5, 5.41) is 8.73. The number of halogens is 3. The maximum absolute atomic E-state index is 12.7. The van der Waals surface area contributed by atoms with E-state index in [1.807, 2.05) is 6.92 Å². The Hall–Kier alpha value is -1.98. The van der Waals surface area contributed by atoms with Crippen molar-refractivity contribution in [2.45, 2.75) is 32.4 Å². The Labute approximate surface area is 121 Å². The molecule has 0 aliphatic heterocycles. The van der Waals surface area contributed by atoms with Crippen LogP contribution < -0.4 is 4.74 Å². The lowest BCUT2D eigenvalue weighted by Crippen LogP contribution is -2.06. The van der Waals surface area contributed by atoms with Crippen LogP contribution in [0.3, 0.4) is 0 Å². The first-order valence-corrected chi connectivity index (χ1v) is 6.46. The number of benzene rings is 1. The molecule has 0 amide bonds. The Balaban J connectivity index is 3.25. The average molecular weight is 302 g/mol. The molecular weight excluding hydrogens is 285 g/mol. The van der Waals surface area contributed by atoms with Gasteiger partial charge in [0.2, 0.25) is 0 Å². The maximum Gasteiger partial charge on any atom is 0.416 e. The van der Waals surface area contributed by atoms with E-state index in [1.165, 1.54) is 19.3 Å². The van der Waals surface area contributed by atoms with E-state index in [2.05, 4.69) is 0 Å². The van der Waals surface area contributed by atoms with Gasteiger partial charge < -0.3 is 9.84 Å². The van der Waals surface area contributed by atoms with Crippen molar-refractivity contribution in [2.24, 2.45) is 0 Å². The van der Waals surface area contributed by atoms with Gasteiger partial charge in [0, 0.05) is 5.56 Å². The van der Waals surface area contributed by atoms with Crippen LogP contribution in [0.4, 0.5) is 13.2 Å². The summed E-state index contributed by atoms with van der Waals surface area (Å²) in [4.78, 5) is 10.7. The van der Waals surface area contributed by atoms with E-state index < -0.39 is 17.7 Å². The quantitative estimate of drug-likeness (QED) is 0.848. The summed E-state index contributed by atoms with van der Waals surface area (Å²) in [5.41, 5.74) is 0.372. The first-order chi connectivity index (χ1) is 9.79. The molecule has 0 fully saturated rings. The SMILES string of the molecule is CCC/C(=C\CC(=O)O)c1ccc(C(F)(F)F)cc1OC. The number of rotatable bonds is 6. The Kier molecular flexibility index (Phi) is 5.81. The molecule has 0 heterocycles. The standard InChI is InChI=1S/C15H17F3O3/c1-3-4-10(5-8-14(19)20)12-7-6-11(15(16,17)18)9-13(12)21-2/h5-7,9H,3-4,8H2,1-2H3,(H,19,20)/b10-5+. The topological polar surface area (TPSA) is 46.5 Å². The zero-order valence-corrected chi connectivity index (χ0v) is 11.8. The second-order valence-electron chi connectivity index (χ2n) is 4.49. The largest absolute Gasteiger partial charge is 0.496 e. The highest BCUT2D eigenvalue weighted by Crippen LogP contribution is 2.36. The number of carboxylic acids is 1. The number of carboxylic acid groups (broad SMARTS) is 1. The summed E-state index contributed by atoms with van der Waals surface area (Å²) >= 11 is 0. The van der Waals surface area contributed by atoms with Crippen LogP contribution in [-0.2, 0) is 11.0 Å². The van der Waals surface area contributed by atoms with Crippen LogP contribution in [0.15, 0.2) is 24.3 Å². The van der Waals surface area contributed by atoms with Crippen LogP contribution >= 0.6 is 0 Å². The van der Waals surface area contributed by atoms with E-state index >= 15 is 0 Å². The lowest BCUT2D eigenvalue weighted by Gasteiger charge is -2.15. The molecule has 0 atom stereocenters. The van der Waals surface area contributed by atoms with Crippen molar-refractivity contribution < 1.29 is 27.8 Å². The van der Waals surface area contributed by atoms with E-state index in [4.69, 9.17) is 9.84 Å². The zero-order chi connectivity index (χ0) is 16.0. The molecule has 21 heavy (non-hydrogen) atoms. The van der Waals surface area contributed by atoms with Crippen LogP contribution in [0, 0.1) is 0 Å². The molecule has 6 heteroatoms. The molecule has 1 aromatic rings. The number of alkyl halides is 3. The third-order valence-electron chi connectivity index (χ3n) is 2.92. The first-order valence-electron chi connectivity index (χ1n) is 6.46. The van der Waals surface area contributed by atoms with Gasteiger partial charge in [-0.3, -0.25) is 4.79 Å². The van der Waals surface area contributed by atoms with Crippen molar-refractivity contribution in [2.75, 3.05) is 7.11 Å². The molecule has 0 aromatic heterocycles. The molecule has 1 N–H and O–H groups in total. The fourth-order valence-corrected chi connectivity index (χ4v) is 1.96. The van der Waals surface area contributed by atoms with Gasteiger partial charge in [-0.2, -0.15) is 13.2 Å². The first kappa shape index (κ1) is 17.1. The molecule has 1 aromatic carbocycles. The van der Waals surface area contributed by atoms with Gasteiger partial charge in [0.25, 0.3) is 0 Å². The van der Waals surface area contributed by atoms with E-state index in [9.17, 15) is 18.0 Å². The smallest absolute Gasteiger partial charge is 0.416 e. The Bertz CT molecular complexity index is 533. The highest BCUT2D eigenvalue weighted by atomic mass is 19.4.